The lowest BCUT2D eigenvalue weighted by atomic mass is 10.00. The van der Waals surface area contributed by atoms with Crippen LogP contribution in [0.3, 0.4) is 0 Å². The van der Waals surface area contributed by atoms with Gasteiger partial charge in [-0.2, -0.15) is 0 Å². The number of nitrogens with two attached hydrogens (primary N) is 1. The van der Waals surface area contributed by atoms with E-state index in [1.165, 1.54) is 5.56 Å². The van der Waals surface area contributed by atoms with Crippen LogP contribution < -0.4 is 5.73 Å². The highest BCUT2D eigenvalue weighted by atomic mass is 16.5. The maximum atomic E-state index is 5.96. The third kappa shape index (κ3) is 4.09. The Hall–Kier alpha value is -0.900. The molecule has 0 aliphatic heterocycles. The molecular formula is C15H26N2O. The lowest BCUT2D eigenvalue weighted by Gasteiger charge is -2.40. The van der Waals surface area contributed by atoms with E-state index in [1.807, 2.05) is 13.0 Å². The van der Waals surface area contributed by atoms with Crippen molar-refractivity contribution in [3.05, 3.63) is 35.9 Å². The normalized spacial score (nSPS) is 14.7. The minimum absolute atomic E-state index is 0.0966. The number of benzene rings is 1. The standard InChI is InChI=1S/C15H26N2O/c1-4-17(11-14-9-7-6-8-10-14)15(3,12-16)13-18-5-2/h6-10H,4-5,11-13,16H2,1-3H3. The molecule has 0 bridgehead atoms. The maximum absolute atomic E-state index is 5.96. The Kier molecular flexibility index (Phi) is 6.33. The van der Waals surface area contributed by atoms with E-state index < -0.39 is 0 Å². The lowest BCUT2D eigenvalue weighted by Crippen LogP contribution is -2.54. The van der Waals surface area contributed by atoms with Gasteiger partial charge < -0.3 is 10.5 Å². The van der Waals surface area contributed by atoms with E-state index in [9.17, 15) is 0 Å². The fourth-order valence-corrected chi connectivity index (χ4v) is 2.09. The summed E-state index contributed by atoms with van der Waals surface area (Å²) in [5, 5.41) is 0. The Morgan fingerprint density at radius 2 is 1.89 bits per heavy atom. The van der Waals surface area contributed by atoms with Gasteiger partial charge in [-0.25, -0.2) is 0 Å². The smallest absolute Gasteiger partial charge is 0.0660 e. The fourth-order valence-electron chi connectivity index (χ4n) is 2.09. The molecule has 2 N–H and O–H groups in total. The van der Waals surface area contributed by atoms with E-state index in [0.29, 0.717) is 13.2 Å². The van der Waals surface area contributed by atoms with Crippen molar-refractivity contribution in [1.29, 1.82) is 0 Å². The van der Waals surface area contributed by atoms with Gasteiger partial charge in [0.15, 0.2) is 0 Å². The van der Waals surface area contributed by atoms with Gasteiger partial charge in [0.1, 0.15) is 0 Å². The van der Waals surface area contributed by atoms with Gasteiger partial charge in [-0.3, -0.25) is 4.90 Å². The summed E-state index contributed by atoms with van der Waals surface area (Å²) in [5.74, 6) is 0. The van der Waals surface area contributed by atoms with Crippen molar-refractivity contribution in [2.24, 2.45) is 5.73 Å². The summed E-state index contributed by atoms with van der Waals surface area (Å²) >= 11 is 0. The maximum Gasteiger partial charge on any atom is 0.0660 e. The van der Waals surface area contributed by atoms with E-state index in [2.05, 4.69) is 43.0 Å². The third-order valence-corrected chi connectivity index (χ3v) is 3.42. The molecule has 0 saturated carbocycles. The number of hydrogen-bond acceptors (Lipinski definition) is 3. The second-order valence-corrected chi connectivity index (χ2v) is 4.84. The molecule has 102 valence electrons. The minimum atomic E-state index is -0.0966. The molecule has 3 nitrogen and oxygen atoms in total. The van der Waals surface area contributed by atoms with Crippen LogP contribution in [-0.2, 0) is 11.3 Å². The Morgan fingerprint density at radius 3 is 2.39 bits per heavy atom. The van der Waals surface area contributed by atoms with Crippen LogP contribution in [0.1, 0.15) is 26.3 Å². The molecule has 0 aliphatic rings. The zero-order valence-electron chi connectivity index (χ0n) is 11.9. The predicted octanol–water partition coefficient (Wildman–Crippen LogP) is 2.26. The fraction of sp³-hybridized carbons (Fsp3) is 0.600. The molecule has 0 radical (unpaired) electrons. The minimum Gasteiger partial charge on any atom is -0.380 e. The zero-order valence-corrected chi connectivity index (χ0v) is 11.9. The molecule has 1 unspecified atom stereocenters. The Balaban J connectivity index is 2.73. The number of nitrogens with zero attached hydrogens (tertiary/aromatic N) is 1. The Morgan fingerprint density at radius 1 is 1.22 bits per heavy atom. The van der Waals surface area contributed by atoms with Crippen LogP contribution in [-0.4, -0.2) is 36.7 Å². The van der Waals surface area contributed by atoms with E-state index in [4.69, 9.17) is 10.5 Å². The molecule has 0 heterocycles. The quantitative estimate of drug-likeness (QED) is 0.769. The van der Waals surface area contributed by atoms with Gasteiger partial charge in [0.25, 0.3) is 0 Å². The summed E-state index contributed by atoms with van der Waals surface area (Å²) in [5.41, 5.74) is 7.17. The van der Waals surface area contributed by atoms with Gasteiger partial charge >= 0.3 is 0 Å². The molecule has 0 spiro atoms. The van der Waals surface area contributed by atoms with Crippen molar-refractivity contribution in [1.82, 2.24) is 4.90 Å². The first-order valence-corrected chi connectivity index (χ1v) is 6.73. The van der Waals surface area contributed by atoms with E-state index in [1.54, 1.807) is 0 Å². The SMILES string of the molecule is CCOCC(C)(CN)N(CC)Cc1ccccc1. The molecule has 3 heteroatoms. The Labute approximate surface area is 111 Å². The van der Waals surface area contributed by atoms with Crippen molar-refractivity contribution in [2.75, 3.05) is 26.3 Å². The van der Waals surface area contributed by atoms with Gasteiger partial charge in [-0.1, -0.05) is 37.3 Å². The second kappa shape index (κ2) is 7.52. The van der Waals surface area contributed by atoms with Crippen LogP contribution in [0.2, 0.25) is 0 Å². The predicted molar refractivity (Wildman–Crippen MR) is 76.5 cm³/mol. The molecule has 0 aliphatic carbocycles. The molecule has 0 fully saturated rings. The van der Waals surface area contributed by atoms with Gasteiger partial charge in [0.2, 0.25) is 0 Å². The summed E-state index contributed by atoms with van der Waals surface area (Å²) in [4.78, 5) is 2.39. The summed E-state index contributed by atoms with van der Waals surface area (Å²) < 4.78 is 5.59. The van der Waals surface area contributed by atoms with E-state index in [-0.39, 0.29) is 5.54 Å². The molecule has 1 aromatic rings. The van der Waals surface area contributed by atoms with Gasteiger partial charge in [-0.05, 0) is 26.0 Å². The summed E-state index contributed by atoms with van der Waals surface area (Å²) in [7, 11) is 0. The first-order chi connectivity index (χ1) is 8.66. The summed E-state index contributed by atoms with van der Waals surface area (Å²) in [6.07, 6.45) is 0. The highest BCUT2D eigenvalue weighted by Crippen LogP contribution is 2.18. The topological polar surface area (TPSA) is 38.5 Å². The van der Waals surface area contributed by atoms with Crippen molar-refractivity contribution >= 4 is 0 Å². The van der Waals surface area contributed by atoms with Crippen LogP contribution >= 0.6 is 0 Å². The monoisotopic (exact) mass is 250 g/mol. The molecule has 0 saturated heterocycles. The number of hydrogen-bond donors (Lipinski definition) is 1. The van der Waals surface area contributed by atoms with Gasteiger partial charge in [0, 0.05) is 19.7 Å². The molecule has 1 aromatic carbocycles. The van der Waals surface area contributed by atoms with Crippen molar-refractivity contribution < 1.29 is 4.74 Å². The van der Waals surface area contributed by atoms with E-state index >= 15 is 0 Å². The summed E-state index contributed by atoms with van der Waals surface area (Å²) in [6.45, 7) is 10.3. The lowest BCUT2D eigenvalue weighted by molar-refractivity contribution is 0.00836. The van der Waals surface area contributed by atoms with Crippen LogP contribution in [0, 0.1) is 0 Å². The van der Waals surface area contributed by atoms with Crippen LogP contribution in [0.25, 0.3) is 0 Å². The van der Waals surface area contributed by atoms with Gasteiger partial charge in [0.05, 0.1) is 12.1 Å². The Bertz CT molecular complexity index is 329. The van der Waals surface area contributed by atoms with Crippen molar-refractivity contribution in [2.45, 2.75) is 32.9 Å². The van der Waals surface area contributed by atoms with Gasteiger partial charge in [-0.15, -0.1) is 0 Å². The number of likely N-dealkylation sites (N-methyl/N-ethyl adjacent to an activating group) is 1. The van der Waals surface area contributed by atoms with Crippen LogP contribution in [0.5, 0.6) is 0 Å². The van der Waals surface area contributed by atoms with Crippen LogP contribution in [0.4, 0.5) is 0 Å². The van der Waals surface area contributed by atoms with Crippen molar-refractivity contribution in [3.8, 4) is 0 Å². The first-order valence-electron chi connectivity index (χ1n) is 6.73. The molecule has 1 atom stereocenters. The highest BCUT2D eigenvalue weighted by Gasteiger charge is 2.29. The van der Waals surface area contributed by atoms with Crippen LogP contribution in [0.15, 0.2) is 30.3 Å². The molecule has 18 heavy (non-hydrogen) atoms. The summed E-state index contributed by atoms with van der Waals surface area (Å²) in [6, 6.07) is 10.5. The molecule has 0 amide bonds. The zero-order chi connectivity index (χ0) is 13.4. The van der Waals surface area contributed by atoms with E-state index in [0.717, 1.165) is 19.7 Å². The number of rotatable bonds is 8. The average molecular weight is 250 g/mol. The average Bonchev–Trinajstić information content (AvgIpc) is 2.43. The molecule has 0 aromatic heterocycles. The molecular weight excluding hydrogens is 224 g/mol. The second-order valence-electron chi connectivity index (χ2n) is 4.84. The molecule has 1 rings (SSSR count). The highest BCUT2D eigenvalue weighted by molar-refractivity contribution is 5.15. The third-order valence-electron chi connectivity index (χ3n) is 3.42. The van der Waals surface area contributed by atoms with Crippen molar-refractivity contribution in [3.63, 3.8) is 0 Å². The first kappa shape index (κ1) is 15.2. The largest absolute Gasteiger partial charge is 0.380 e. The number of ether oxygens (including phenoxy) is 1.